The van der Waals surface area contributed by atoms with Crippen LogP contribution in [0.3, 0.4) is 0 Å². The van der Waals surface area contributed by atoms with Gasteiger partial charge in [0.05, 0.1) is 30.7 Å². The van der Waals surface area contributed by atoms with Gasteiger partial charge in [-0.2, -0.15) is 0 Å². The van der Waals surface area contributed by atoms with E-state index >= 15 is 0 Å². The molecular formula is C19H21N5O4S. The van der Waals surface area contributed by atoms with Crippen LogP contribution in [0.2, 0.25) is 0 Å². The molecule has 0 aliphatic carbocycles. The normalized spacial score (nSPS) is 10.7. The standard InChI is InChI=1S/C19H21N5O4S/c1-2-24-18(15-8-5-10-27-15)22-23-19(24)29-12-17(26)21-13-6-3-4-7-14(13)28-11-9-16(20)25/h3-8,10H,2,9,11-12H2,1H3,(H2,20,25)(H,21,26). The lowest BCUT2D eigenvalue weighted by Gasteiger charge is -2.12. The third-order valence-electron chi connectivity index (χ3n) is 3.87. The van der Waals surface area contributed by atoms with Crippen LogP contribution in [-0.2, 0) is 16.1 Å². The molecule has 3 rings (SSSR count). The lowest BCUT2D eigenvalue weighted by atomic mass is 10.3. The number of para-hydroxylation sites is 2. The summed E-state index contributed by atoms with van der Waals surface area (Å²) in [6, 6.07) is 10.6. The third kappa shape index (κ3) is 5.38. The first-order valence-corrected chi connectivity index (χ1v) is 9.97. The summed E-state index contributed by atoms with van der Waals surface area (Å²) in [5.41, 5.74) is 5.64. The van der Waals surface area contributed by atoms with Crippen molar-refractivity contribution >= 4 is 29.3 Å². The summed E-state index contributed by atoms with van der Waals surface area (Å²) in [6.07, 6.45) is 1.68. The molecule has 0 bridgehead atoms. The van der Waals surface area contributed by atoms with E-state index in [-0.39, 0.29) is 24.7 Å². The number of hydrogen-bond donors (Lipinski definition) is 2. The van der Waals surface area contributed by atoms with Gasteiger partial charge in [0.15, 0.2) is 16.7 Å². The number of carbonyl (C=O) groups excluding carboxylic acids is 2. The van der Waals surface area contributed by atoms with Gasteiger partial charge in [0.2, 0.25) is 11.8 Å². The second-order valence-corrected chi connectivity index (χ2v) is 6.87. The third-order valence-corrected chi connectivity index (χ3v) is 4.84. The minimum atomic E-state index is -0.447. The number of aromatic nitrogens is 3. The maximum absolute atomic E-state index is 12.4. The van der Waals surface area contributed by atoms with Crippen molar-refractivity contribution in [3.8, 4) is 17.3 Å². The van der Waals surface area contributed by atoms with Crippen LogP contribution in [0.1, 0.15) is 13.3 Å². The minimum Gasteiger partial charge on any atom is -0.491 e. The van der Waals surface area contributed by atoms with Gasteiger partial charge in [-0.3, -0.25) is 14.2 Å². The Kier molecular flexibility index (Phi) is 6.90. The molecule has 3 aromatic rings. The van der Waals surface area contributed by atoms with E-state index in [0.29, 0.717) is 34.7 Å². The van der Waals surface area contributed by atoms with Gasteiger partial charge in [-0.1, -0.05) is 23.9 Å². The average Bonchev–Trinajstić information content (AvgIpc) is 3.36. The van der Waals surface area contributed by atoms with Gasteiger partial charge in [-0.05, 0) is 31.2 Å². The Hall–Kier alpha value is -3.27. The van der Waals surface area contributed by atoms with Crippen LogP contribution in [0.4, 0.5) is 5.69 Å². The zero-order valence-corrected chi connectivity index (χ0v) is 16.6. The van der Waals surface area contributed by atoms with Gasteiger partial charge in [-0.15, -0.1) is 10.2 Å². The molecule has 0 aliphatic rings. The number of benzene rings is 1. The van der Waals surface area contributed by atoms with Crippen LogP contribution >= 0.6 is 11.8 Å². The smallest absolute Gasteiger partial charge is 0.234 e. The van der Waals surface area contributed by atoms with Crippen molar-refractivity contribution < 1.29 is 18.7 Å². The number of hydrogen-bond acceptors (Lipinski definition) is 7. The molecule has 0 fully saturated rings. The summed E-state index contributed by atoms with van der Waals surface area (Å²) in [4.78, 5) is 23.3. The Morgan fingerprint density at radius 2 is 2.07 bits per heavy atom. The van der Waals surface area contributed by atoms with E-state index in [9.17, 15) is 9.59 Å². The molecule has 0 saturated carbocycles. The summed E-state index contributed by atoms with van der Waals surface area (Å²) in [5.74, 6) is 1.20. The van der Waals surface area contributed by atoms with Crippen molar-refractivity contribution in [2.24, 2.45) is 5.73 Å². The van der Waals surface area contributed by atoms with E-state index in [1.54, 1.807) is 36.6 Å². The molecule has 3 N–H and O–H groups in total. The first kappa shape index (κ1) is 20.5. The van der Waals surface area contributed by atoms with Crippen LogP contribution < -0.4 is 15.8 Å². The molecule has 0 aliphatic heterocycles. The second kappa shape index (κ2) is 9.78. The first-order valence-electron chi connectivity index (χ1n) is 8.98. The Morgan fingerprint density at radius 3 is 2.79 bits per heavy atom. The highest BCUT2D eigenvalue weighted by Gasteiger charge is 2.16. The zero-order chi connectivity index (χ0) is 20.6. The number of nitrogens with two attached hydrogens (primary N) is 1. The highest BCUT2D eigenvalue weighted by molar-refractivity contribution is 7.99. The minimum absolute atomic E-state index is 0.100. The molecule has 0 spiro atoms. The van der Waals surface area contributed by atoms with E-state index in [1.165, 1.54) is 11.8 Å². The van der Waals surface area contributed by atoms with Crippen molar-refractivity contribution in [3.05, 3.63) is 42.7 Å². The fraction of sp³-hybridized carbons (Fsp3) is 0.263. The van der Waals surface area contributed by atoms with Gasteiger partial charge < -0.3 is 20.2 Å². The lowest BCUT2D eigenvalue weighted by Crippen LogP contribution is -2.17. The number of anilines is 1. The summed E-state index contributed by atoms with van der Waals surface area (Å²) in [7, 11) is 0. The van der Waals surface area contributed by atoms with Crippen molar-refractivity contribution in [1.29, 1.82) is 0 Å². The van der Waals surface area contributed by atoms with E-state index in [0.717, 1.165) is 0 Å². The topological polar surface area (TPSA) is 125 Å². The van der Waals surface area contributed by atoms with Crippen LogP contribution in [-0.4, -0.2) is 38.9 Å². The maximum atomic E-state index is 12.4. The fourth-order valence-corrected chi connectivity index (χ4v) is 3.34. The summed E-state index contributed by atoms with van der Waals surface area (Å²) in [5, 5.41) is 11.8. The van der Waals surface area contributed by atoms with Gasteiger partial charge in [0.1, 0.15) is 5.75 Å². The Labute approximate surface area is 171 Å². The number of thioether (sulfide) groups is 1. The molecule has 0 saturated heterocycles. The molecule has 152 valence electrons. The Morgan fingerprint density at radius 1 is 1.24 bits per heavy atom. The van der Waals surface area contributed by atoms with Crippen LogP contribution in [0, 0.1) is 0 Å². The van der Waals surface area contributed by atoms with E-state index < -0.39 is 5.91 Å². The highest BCUT2D eigenvalue weighted by atomic mass is 32.2. The Bertz CT molecular complexity index is 971. The van der Waals surface area contributed by atoms with Crippen molar-refractivity contribution in [2.45, 2.75) is 25.0 Å². The molecule has 2 heterocycles. The monoisotopic (exact) mass is 415 g/mol. The van der Waals surface area contributed by atoms with Crippen LogP contribution in [0.25, 0.3) is 11.6 Å². The number of amides is 2. The van der Waals surface area contributed by atoms with Crippen molar-refractivity contribution in [1.82, 2.24) is 14.8 Å². The number of nitrogens with zero attached hydrogens (tertiary/aromatic N) is 3. The SMILES string of the molecule is CCn1c(SCC(=O)Nc2ccccc2OCCC(N)=O)nnc1-c1ccco1. The molecule has 0 unspecified atom stereocenters. The predicted molar refractivity (Wildman–Crippen MR) is 109 cm³/mol. The van der Waals surface area contributed by atoms with Gasteiger partial charge in [-0.25, -0.2) is 0 Å². The maximum Gasteiger partial charge on any atom is 0.234 e. The second-order valence-electron chi connectivity index (χ2n) is 5.93. The highest BCUT2D eigenvalue weighted by Crippen LogP contribution is 2.26. The quantitative estimate of drug-likeness (QED) is 0.487. The molecule has 2 amide bonds. The van der Waals surface area contributed by atoms with Crippen LogP contribution in [0.5, 0.6) is 5.75 Å². The summed E-state index contributed by atoms with van der Waals surface area (Å²) < 4.78 is 12.8. The van der Waals surface area contributed by atoms with E-state index in [2.05, 4.69) is 15.5 Å². The average molecular weight is 415 g/mol. The molecule has 0 atom stereocenters. The fourth-order valence-electron chi connectivity index (χ4n) is 2.54. The molecule has 9 nitrogen and oxygen atoms in total. The number of nitrogens with one attached hydrogen (secondary N) is 1. The number of ether oxygens (including phenoxy) is 1. The predicted octanol–water partition coefficient (Wildman–Crippen LogP) is 2.54. The molecule has 29 heavy (non-hydrogen) atoms. The molecule has 0 radical (unpaired) electrons. The van der Waals surface area contributed by atoms with Gasteiger partial charge in [0, 0.05) is 6.54 Å². The largest absolute Gasteiger partial charge is 0.491 e. The van der Waals surface area contributed by atoms with Gasteiger partial charge >= 0.3 is 0 Å². The molecular weight excluding hydrogens is 394 g/mol. The molecule has 1 aromatic carbocycles. The van der Waals surface area contributed by atoms with Crippen molar-refractivity contribution in [2.75, 3.05) is 17.7 Å². The summed E-state index contributed by atoms with van der Waals surface area (Å²) in [6.45, 7) is 2.76. The van der Waals surface area contributed by atoms with Crippen LogP contribution in [0.15, 0.2) is 52.2 Å². The lowest BCUT2D eigenvalue weighted by molar-refractivity contribution is -0.118. The zero-order valence-electron chi connectivity index (χ0n) is 15.8. The van der Waals surface area contributed by atoms with Crippen molar-refractivity contribution in [3.63, 3.8) is 0 Å². The van der Waals surface area contributed by atoms with Gasteiger partial charge in [0.25, 0.3) is 0 Å². The first-order chi connectivity index (χ1) is 14.1. The number of primary amides is 1. The molecule has 2 aromatic heterocycles. The van der Waals surface area contributed by atoms with E-state index in [1.807, 2.05) is 17.6 Å². The van der Waals surface area contributed by atoms with E-state index in [4.69, 9.17) is 14.9 Å². The molecule has 10 heteroatoms. The number of carbonyl (C=O) groups is 2. The summed E-state index contributed by atoms with van der Waals surface area (Å²) >= 11 is 1.28. The Balaban J connectivity index is 1.60. The number of furan rings is 1. The number of rotatable bonds is 10.